The van der Waals surface area contributed by atoms with Crippen molar-refractivity contribution in [3.8, 4) is 0 Å². The highest BCUT2D eigenvalue weighted by Crippen LogP contribution is 2.25. The van der Waals surface area contributed by atoms with Gasteiger partial charge in [-0.2, -0.15) is 5.10 Å². The molecule has 0 bridgehead atoms. The van der Waals surface area contributed by atoms with Crippen LogP contribution in [0.1, 0.15) is 51.8 Å². The van der Waals surface area contributed by atoms with Gasteiger partial charge in [-0.3, -0.25) is 4.68 Å². The van der Waals surface area contributed by atoms with E-state index in [1.165, 1.54) is 0 Å². The number of aryl methyl sites for hydroxylation is 1. The Hall–Kier alpha value is -1.04. The summed E-state index contributed by atoms with van der Waals surface area (Å²) < 4.78 is 8.52. The molecule has 0 N–H and O–H groups in total. The van der Waals surface area contributed by atoms with Crippen molar-refractivity contribution in [2.75, 3.05) is 13.1 Å². The number of likely N-dealkylation sites (tertiary alicyclic amines) is 1. The number of amides is 1. The number of rotatable bonds is 1. The van der Waals surface area contributed by atoms with Gasteiger partial charge in [-0.05, 0) is 62.9 Å². The van der Waals surface area contributed by atoms with Gasteiger partial charge in [0.25, 0.3) is 0 Å². The Morgan fingerprint density at radius 1 is 1.38 bits per heavy atom. The molecule has 0 aromatic carbocycles. The van der Waals surface area contributed by atoms with Crippen molar-refractivity contribution >= 4 is 22.0 Å². The molecule has 1 atom stereocenters. The molecule has 1 amide bonds. The van der Waals surface area contributed by atoms with Gasteiger partial charge in [0.1, 0.15) is 5.60 Å². The van der Waals surface area contributed by atoms with Crippen LogP contribution in [0, 0.1) is 6.92 Å². The number of aromatic nitrogens is 2. The van der Waals surface area contributed by atoms with Crippen LogP contribution in [0.4, 0.5) is 4.79 Å². The summed E-state index contributed by atoms with van der Waals surface area (Å²) in [4.78, 5) is 14.0. The molecule has 1 aliphatic heterocycles. The summed E-state index contributed by atoms with van der Waals surface area (Å²) in [5, 5.41) is 4.54. The van der Waals surface area contributed by atoms with Gasteiger partial charge in [0.2, 0.25) is 0 Å². The number of carbonyl (C=O) groups is 1. The summed E-state index contributed by atoms with van der Waals surface area (Å²) in [5.41, 5.74) is 0.565. The van der Waals surface area contributed by atoms with Gasteiger partial charge >= 0.3 is 6.09 Å². The van der Waals surface area contributed by atoms with Crippen LogP contribution < -0.4 is 0 Å². The van der Waals surface area contributed by atoms with Gasteiger partial charge in [0.05, 0.1) is 16.2 Å². The van der Waals surface area contributed by atoms with Crippen LogP contribution >= 0.6 is 15.9 Å². The monoisotopic (exact) mass is 357 g/mol. The van der Waals surface area contributed by atoms with Gasteiger partial charge in [-0.25, -0.2) is 4.79 Å². The molecule has 6 heteroatoms. The van der Waals surface area contributed by atoms with E-state index in [0.717, 1.165) is 42.5 Å². The average molecular weight is 358 g/mol. The molecule has 2 rings (SSSR count). The molecule has 21 heavy (non-hydrogen) atoms. The molecular weight excluding hydrogens is 334 g/mol. The second-order valence-electron chi connectivity index (χ2n) is 6.59. The van der Waals surface area contributed by atoms with Crippen molar-refractivity contribution < 1.29 is 9.53 Å². The molecule has 0 spiro atoms. The fraction of sp³-hybridized carbons (Fsp3) is 0.733. The highest BCUT2D eigenvalue weighted by atomic mass is 79.9. The van der Waals surface area contributed by atoms with Crippen molar-refractivity contribution in [2.24, 2.45) is 0 Å². The van der Waals surface area contributed by atoms with Crippen LogP contribution in [0.15, 0.2) is 10.7 Å². The third-order valence-electron chi connectivity index (χ3n) is 3.58. The molecule has 1 aliphatic rings. The number of ether oxygens (including phenoxy) is 1. The molecule has 1 aromatic heterocycles. The lowest BCUT2D eigenvalue weighted by molar-refractivity contribution is 0.0255. The first-order chi connectivity index (χ1) is 9.76. The summed E-state index contributed by atoms with van der Waals surface area (Å²) in [5.74, 6) is 0. The normalized spacial score (nSPS) is 20.2. The van der Waals surface area contributed by atoms with Crippen LogP contribution in [0.2, 0.25) is 0 Å². The predicted molar refractivity (Wildman–Crippen MR) is 85.4 cm³/mol. The SMILES string of the molecule is Cc1nn(C2CCCN(C(=O)OC(C)(C)C)CC2)cc1Br. The summed E-state index contributed by atoms with van der Waals surface area (Å²) in [6, 6.07) is 0.349. The molecule has 1 unspecified atom stereocenters. The largest absolute Gasteiger partial charge is 0.444 e. The molecule has 2 heterocycles. The maximum absolute atomic E-state index is 12.1. The molecule has 1 saturated heterocycles. The van der Waals surface area contributed by atoms with Crippen LogP contribution in [0.25, 0.3) is 0 Å². The summed E-state index contributed by atoms with van der Waals surface area (Å²) in [7, 11) is 0. The molecule has 0 radical (unpaired) electrons. The number of carbonyl (C=O) groups excluding carboxylic acids is 1. The number of nitrogens with zero attached hydrogens (tertiary/aromatic N) is 3. The highest BCUT2D eigenvalue weighted by Gasteiger charge is 2.26. The van der Waals surface area contributed by atoms with E-state index in [1.807, 2.05) is 43.5 Å². The summed E-state index contributed by atoms with van der Waals surface area (Å²) >= 11 is 3.50. The minimum absolute atomic E-state index is 0.207. The Kier molecular flexibility index (Phi) is 4.96. The first kappa shape index (κ1) is 16.3. The Balaban J connectivity index is 1.97. The van der Waals surface area contributed by atoms with E-state index in [1.54, 1.807) is 0 Å². The lowest BCUT2D eigenvalue weighted by Crippen LogP contribution is -2.37. The minimum Gasteiger partial charge on any atom is -0.444 e. The quantitative estimate of drug-likeness (QED) is 0.765. The Bertz CT molecular complexity index is 488. The number of hydrogen-bond acceptors (Lipinski definition) is 3. The van der Waals surface area contributed by atoms with Gasteiger partial charge in [0, 0.05) is 19.3 Å². The van der Waals surface area contributed by atoms with E-state index in [0.29, 0.717) is 6.04 Å². The molecule has 0 aliphatic carbocycles. The zero-order chi connectivity index (χ0) is 15.6. The molecule has 5 nitrogen and oxygen atoms in total. The van der Waals surface area contributed by atoms with Crippen LogP contribution in [0.5, 0.6) is 0 Å². The van der Waals surface area contributed by atoms with Crippen LogP contribution in [-0.4, -0.2) is 39.5 Å². The number of halogens is 1. The van der Waals surface area contributed by atoms with Crippen molar-refractivity contribution in [1.29, 1.82) is 0 Å². The van der Waals surface area contributed by atoms with Gasteiger partial charge in [-0.1, -0.05) is 0 Å². The summed E-state index contributed by atoms with van der Waals surface area (Å²) in [6.07, 6.45) is 4.74. The third-order valence-corrected chi connectivity index (χ3v) is 4.36. The highest BCUT2D eigenvalue weighted by molar-refractivity contribution is 9.10. The van der Waals surface area contributed by atoms with Crippen LogP contribution in [-0.2, 0) is 4.74 Å². The fourth-order valence-corrected chi connectivity index (χ4v) is 2.79. The first-order valence-electron chi connectivity index (χ1n) is 7.45. The van der Waals surface area contributed by atoms with Crippen molar-refractivity contribution in [3.63, 3.8) is 0 Å². The average Bonchev–Trinajstić information content (AvgIpc) is 2.60. The van der Waals surface area contributed by atoms with Crippen molar-refractivity contribution in [2.45, 2.75) is 58.6 Å². The first-order valence-corrected chi connectivity index (χ1v) is 8.25. The lowest BCUT2D eigenvalue weighted by atomic mass is 10.1. The number of hydrogen-bond donors (Lipinski definition) is 0. The Morgan fingerprint density at radius 2 is 2.10 bits per heavy atom. The molecular formula is C15H24BrN3O2. The fourth-order valence-electron chi connectivity index (χ4n) is 2.50. The van der Waals surface area contributed by atoms with E-state index in [-0.39, 0.29) is 6.09 Å². The minimum atomic E-state index is -0.438. The third kappa shape index (κ3) is 4.46. The standard InChI is InChI=1S/C15H24BrN3O2/c1-11-13(16)10-19(17-11)12-6-5-8-18(9-7-12)14(20)21-15(2,3)4/h10,12H,5-9H2,1-4H3. The second-order valence-corrected chi connectivity index (χ2v) is 7.45. The molecule has 1 fully saturated rings. The lowest BCUT2D eigenvalue weighted by Gasteiger charge is -2.26. The topological polar surface area (TPSA) is 47.4 Å². The van der Waals surface area contributed by atoms with Crippen molar-refractivity contribution in [1.82, 2.24) is 14.7 Å². The maximum atomic E-state index is 12.1. The Labute approximate surface area is 134 Å². The van der Waals surface area contributed by atoms with Crippen molar-refractivity contribution in [3.05, 3.63) is 16.4 Å². The molecule has 1 aromatic rings. The van der Waals surface area contributed by atoms with Gasteiger partial charge < -0.3 is 9.64 Å². The second kappa shape index (κ2) is 6.38. The zero-order valence-electron chi connectivity index (χ0n) is 13.2. The summed E-state index contributed by atoms with van der Waals surface area (Å²) in [6.45, 7) is 9.16. The van der Waals surface area contributed by atoms with Gasteiger partial charge in [-0.15, -0.1) is 0 Å². The van der Waals surface area contributed by atoms with Crippen LogP contribution in [0.3, 0.4) is 0 Å². The van der Waals surface area contributed by atoms with Gasteiger partial charge in [0.15, 0.2) is 0 Å². The smallest absolute Gasteiger partial charge is 0.410 e. The van der Waals surface area contributed by atoms with E-state index >= 15 is 0 Å². The zero-order valence-corrected chi connectivity index (χ0v) is 14.8. The van der Waals surface area contributed by atoms with E-state index in [9.17, 15) is 4.79 Å². The Morgan fingerprint density at radius 3 is 2.67 bits per heavy atom. The maximum Gasteiger partial charge on any atom is 0.410 e. The predicted octanol–water partition coefficient (Wildman–Crippen LogP) is 3.92. The van der Waals surface area contributed by atoms with E-state index in [2.05, 4.69) is 21.0 Å². The van der Waals surface area contributed by atoms with E-state index < -0.39 is 5.60 Å². The molecule has 0 saturated carbocycles. The van der Waals surface area contributed by atoms with E-state index in [4.69, 9.17) is 4.74 Å². The molecule has 118 valence electrons.